The van der Waals surface area contributed by atoms with Gasteiger partial charge < -0.3 is 23.8 Å². The summed E-state index contributed by atoms with van der Waals surface area (Å²) >= 11 is 0. The minimum absolute atomic E-state index is 0.0813. The molecule has 0 atom stereocenters. The van der Waals surface area contributed by atoms with Gasteiger partial charge in [-0.2, -0.15) is 0 Å². The third-order valence-electron chi connectivity index (χ3n) is 5.57. The lowest BCUT2D eigenvalue weighted by atomic mass is 9.88. The molecule has 1 aromatic carbocycles. The fourth-order valence-electron chi connectivity index (χ4n) is 4.18. The van der Waals surface area contributed by atoms with Crippen LogP contribution in [0.5, 0.6) is 17.2 Å². The van der Waals surface area contributed by atoms with E-state index in [1.165, 1.54) is 12.8 Å². The van der Waals surface area contributed by atoms with Gasteiger partial charge in [0.05, 0.1) is 32.3 Å². The number of benzene rings is 1. The van der Waals surface area contributed by atoms with Crippen LogP contribution in [0.15, 0.2) is 12.4 Å². The van der Waals surface area contributed by atoms with E-state index in [0.717, 1.165) is 49.3 Å². The molecule has 140 valence electrons. The van der Waals surface area contributed by atoms with Gasteiger partial charge in [0.25, 0.3) is 0 Å². The number of nitrogens with zero attached hydrogens (tertiary/aromatic N) is 3. The number of ether oxygens (including phenoxy) is 4. The van der Waals surface area contributed by atoms with Crippen molar-refractivity contribution in [2.45, 2.75) is 31.3 Å². The Morgan fingerprint density at radius 3 is 2.38 bits per heavy atom. The Labute approximate surface area is 153 Å². The number of piperidine rings is 1. The maximum absolute atomic E-state index is 6.04. The summed E-state index contributed by atoms with van der Waals surface area (Å²) in [7, 11) is 4.83. The fourth-order valence-corrected chi connectivity index (χ4v) is 4.18. The van der Waals surface area contributed by atoms with Crippen molar-refractivity contribution in [3.05, 3.63) is 12.4 Å². The first-order valence-corrected chi connectivity index (χ1v) is 9.04. The molecule has 4 rings (SSSR count). The van der Waals surface area contributed by atoms with Crippen LogP contribution in [0.4, 0.5) is 5.82 Å². The molecule has 2 aromatic rings. The van der Waals surface area contributed by atoms with Crippen LogP contribution >= 0.6 is 0 Å². The van der Waals surface area contributed by atoms with Gasteiger partial charge in [0.15, 0.2) is 11.5 Å². The van der Waals surface area contributed by atoms with Crippen molar-refractivity contribution in [2.24, 2.45) is 0 Å². The second-order valence-corrected chi connectivity index (χ2v) is 6.86. The molecule has 26 heavy (non-hydrogen) atoms. The largest absolute Gasteiger partial charge is 0.493 e. The van der Waals surface area contributed by atoms with Gasteiger partial charge in [0.1, 0.15) is 17.7 Å². The molecule has 2 fully saturated rings. The lowest BCUT2D eigenvalue weighted by Gasteiger charge is -2.39. The van der Waals surface area contributed by atoms with Crippen LogP contribution in [0.1, 0.15) is 25.7 Å². The molecule has 0 amide bonds. The molecule has 1 aromatic heterocycles. The van der Waals surface area contributed by atoms with E-state index in [4.69, 9.17) is 18.9 Å². The van der Waals surface area contributed by atoms with Gasteiger partial charge >= 0.3 is 0 Å². The van der Waals surface area contributed by atoms with Crippen molar-refractivity contribution >= 4 is 16.7 Å². The monoisotopic (exact) mass is 359 g/mol. The van der Waals surface area contributed by atoms with Crippen LogP contribution in [0.2, 0.25) is 0 Å². The second-order valence-electron chi connectivity index (χ2n) is 6.86. The van der Waals surface area contributed by atoms with Crippen molar-refractivity contribution in [1.29, 1.82) is 0 Å². The summed E-state index contributed by atoms with van der Waals surface area (Å²) in [5.41, 5.74) is 0.810. The lowest BCUT2D eigenvalue weighted by molar-refractivity contribution is -0.0146. The van der Waals surface area contributed by atoms with Crippen molar-refractivity contribution in [1.82, 2.24) is 9.97 Å². The SMILES string of the molecule is COc1cc2c(N3CCC4(CCCO4)CC3)ncnc2c(OC)c1OC. The van der Waals surface area contributed by atoms with Gasteiger partial charge in [-0.15, -0.1) is 0 Å². The second kappa shape index (κ2) is 6.79. The number of aromatic nitrogens is 2. The van der Waals surface area contributed by atoms with Crippen LogP contribution in [-0.2, 0) is 4.74 Å². The van der Waals surface area contributed by atoms with Crippen molar-refractivity contribution < 1.29 is 18.9 Å². The Balaban J connectivity index is 1.74. The minimum Gasteiger partial charge on any atom is -0.493 e. The highest BCUT2D eigenvalue weighted by Crippen LogP contribution is 2.45. The molecule has 0 saturated carbocycles. The summed E-state index contributed by atoms with van der Waals surface area (Å²) in [6, 6.07) is 1.93. The zero-order valence-corrected chi connectivity index (χ0v) is 15.6. The summed E-state index contributed by atoms with van der Waals surface area (Å²) < 4.78 is 22.6. The number of hydrogen-bond acceptors (Lipinski definition) is 7. The van der Waals surface area contributed by atoms with E-state index in [9.17, 15) is 0 Å². The van der Waals surface area contributed by atoms with E-state index in [-0.39, 0.29) is 5.60 Å². The van der Waals surface area contributed by atoms with Crippen molar-refractivity contribution in [2.75, 3.05) is 45.9 Å². The molecule has 0 radical (unpaired) electrons. The van der Waals surface area contributed by atoms with Crippen molar-refractivity contribution in [3.63, 3.8) is 0 Å². The van der Waals surface area contributed by atoms with Gasteiger partial charge in [-0.05, 0) is 31.7 Å². The highest BCUT2D eigenvalue weighted by Gasteiger charge is 2.39. The Bertz CT molecular complexity index is 795. The van der Waals surface area contributed by atoms with E-state index in [1.54, 1.807) is 27.7 Å². The average Bonchev–Trinajstić information content (AvgIpc) is 3.14. The van der Waals surface area contributed by atoms with E-state index >= 15 is 0 Å². The number of rotatable bonds is 4. The fraction of sp³-hybridized carbons (Fsp3) is 0.579. The molecule has 2 aliphatic rings. The zero-order chi connectivity index (χ0) is 18.1. The Morgan fingerprint density at radius 1 is 1.00 bits per heavy atom. The zero-order valence-electron chi connectivity index (χ0n) is 15.6. The Kier molecular flexibility index (Phi) is 4.48. The van der Waals surface area contributed by atoms with Gasteiger partial charge in [0, 0.05) is 19.7 Å². The predicted octanol–water partition coefficient (Wildman–Crippen LogP) is 2.81. The standard InChI is InChI=1S/C19H25N3O4/c1-23-14-11-13-15(17(25-3)16(14)24-2)20-12-21-18(13)22-8-6-19(7-9-22)5-4-10-26-19/h11-12H,4-10H2,1-3H3. The average molecular weight is 359 g/mol. The third-order valence-corrected chi connectivity index (χ3v) is 5.57. The summed E-state index contributed by atoms with van der Waals surface area (Å²) in [6.07, 6.45) is 5.99. The molecule has 7 nitrogen and oxygen atoms in total. The molecular formula is C19H25N3O4. The highest BCUT2D eigenvalue weighted by atomic mass is 16.5. The number of fused-ring (bicyclic) bond motifs is 1. The third kappa shape index (κ3) is 2.70. The van der Waals surface area contributed by atoms with Crippen LogP contribution in [0.3, 0.4) is 0 Å². The van der Waals surface area contributed by atoms with Crippen LogP contribution in [-0.4, -0.2) is 56.6 Å². The highest BCUT2D eigenvalue weighted by molar-refractivity contribution is 5.97. The first-order chi connectivity index (χ1) is 12.7. The van der Waals surface area contributed by atoms with E-state index in [2.05, 4.69) is 14.9 Å². The summed E-state index contributed by atoms with van der Waals surface area (Å²) in [6.45, 7) is 2.73. The lowest BCUT2D eigenvalue weighted by Crippen LogP contribution is -2.44. The van der Waals surface area contributed by atoms with Crippen LogP contribution in [0, 0.1) is 0 Å². The van der Waals surface area contributed by atoms with E-state index < -0.39 is 0 Å². The normalized spacial score (nSPS) is 19.1. The minimum atomic E-state index is 0.0813. The Hall–Kier alpha value is -2.28. The van der Waals surface area contributed by atoms with Crippen LogP contribution in [0.25, 0.3) is 10.9 Å². The molecular weight excluding hydrogens is 334 g/mol. The Morgan fingerprint density at radius 2 is 1.77 bits per heavy atom. The maximum Gasteiger partial charge on any atom is 0.205 e. The molecule has 0 bridgehead atoms. The van der Waals surface area contributed by atoms with Crippen LogP contribution < -0.4 is 19.1 Å². The molecule has 7 heteroatoms. The number of anilines is 1. The molecule has 0 N–H and O–H groups in total. The molecule has 2 aliphatic heterocycles. The molecule has 1 spiro atoms. The van der Waals surface area contributed by atoms with Gasteiger partial charge in [-0.1, -0.05) is 0 Å². The molecule has 3 heterocycles. The topological polar surface area (TPSA) is 65.9 Å². The van der Waals surface area contributed by atoms with Crippen molar-refractivity contribution in [3.8, 4) is 17.2 Å². The number of methoxy groups -OCH3 is 3. The van der Waals surface area contributed by atoms with Gasteiger partial charge in [0.2, 0.25) is 5.75 Å². The molecule has 2 saturated heterocycles. The van der Waals surface area contributed by atoms with E-state index in [1.807, 2.05) is 6.07 Å². The summed E-state index contributed by atoms with van der Waals surface area (Å²) in [5.74, 6) is 2.63. The quantitative estimate of drug-likeness (QED) is 0.831. The first-order valence-electron chi connectivity index (χ1n) is 9.04. The number of hydrogen-bond donors (Lipinski definition) is 0. The van der Waals surface area contributed by atoms with Gasteiger partial charge in [-0.25, -0.2) is 9.97 Å². The molecule has 0 aliphatic carbocycles. The van der Waals surface area contributed by atoms with Gasteiger partial charge in [-0.3, -0.25) is 0 Å². The predicted molar refractivity (Wildman–Crippen MR) is 98.6 cm³/mol. The van der Waals surface area contributed by atoms with E-state index in [0.29, 0.717) is 17.2 Å². The smallest absolute Gasteiger partial charge is 0.205 e. The molecule has 0 unspecified atom stereocenters. The first kappa shape index (κ1) is 17.1. The summed E-state index contributed by atoms with van der Waals surface area (Å²) in [4.78, 5) is 11.3. The maximum atomic E-state index is 6.04. The summed E-state index contributed by atoms with van der Waals surface area (Å²) in [5, 5.41) is 0.908.